The number of hydrogen-bond acceptors (Lipinski definition) is 1. The first kappa shape index (κ1) is 13.6. The molecule has 1 aromatic carbocycles. The molecular formula is C10H11ClF3N3. The summed E-state index contributed by atoms with van der Waals surface area (Å²) in [6.07, 6.45) is -4.50. The van der Waals surface area contributed by atoms with Gasteiger partial charge < -0.3 is 11.1 Å². The number of aliphatic imine (C=N–C) groups is 1. The van der Waals surface area contributed by atoms with Crippen LogP contribution in [0.2, 0.25) is 5.02 Å². The number of halogens is 4. The van der Waals surface area contributed by atoms with Crippen molar-refractivity contribution in [1.29, 1.82) is 0 Å². The summed E-state index contributed by atoms with van der Waals surface area (Å²) in [5.74, 6) is -0.0691. The van der Waals surface area contributed by atoms with Crippen LogP contribution in [-0.4, -0.2) is 12.5 Å². The average Bonchev–Trinajstić information content (AvgIpc) is 2.19. The van der Waals surface area contributed by atoms with E-state index >= 15 is 0 Å². The smallest absolute Gasteiger partial charge is 0.370 e. The van der Waals surface area contributed by atoms with Crippen molar-refractivity contribution in [3.63, 3.8) is 0 Å². The summed E-state index contributed by atoms with van der Waals surface area (Å²) in [4.78, 5) is 3.75. The molecule has 94 valence electrons. The van der Waals surface area contributed by atoms with Crippen molar-refractivity contribution in [3.05, 3.63) is 28.8 Å². The number of nitrogens with zero attached hydrogens (tertiary/aromatic N) is 1. The first-order chi connectivity index (χ1) is 7.84. The molecule has 0 atom stereocenters. The quantitative estimate of drug-likeness (QED) is 0.638. The lowest BCUT2D eigenvalue weighted by Crippen LogP contribution is -2.24. The van der Waals surface area contributed by atoms with E-state index in [1.807, 2.05) is 0 Å². The fourth-order valence-electron chi connectivity index (χ4n) is 1.21. The highest BCUT2D eigenvalue weighted by molar-refractivity contribution is 6.30. The molecular weight excluding hydrogens is 255 g/mol. The van der Waals surface area contributed by atoms with Gasteiger partial charge in [0.2, 0.25) is 0 Å². The molecule has 3 N–H and O–H groups in total. The van der Waals surface area contributed by atoms with Crippen LogP contribution in [0.5, 0.6) is 0 Å². The van der Waals surface area contributed by atoms with Crippen LogP contribution in [0.1, 0.15) is 12.5 Å². The van der Waals surface area contributed by atoms with Gasteiger partial charge in [-0.15, -0.1) is 0 Å². The van der Waals surface area contributed by atoms with E-state index in [0.717, 1.165) is 6.07 Å². The molecule has 0 bridgehead atoms. The third kappa shape index (κ3) is 3.81. The number of benzene rings is 1. The summed E-state index contributed by atoms with van der Waals surface area (Å²) in [6, 6.07) is 3.39. The third-order valence-corrected chi connectivity index (χ3v) is 2.11. The summed E-state index contributed by atoms with van der Waals surface area (Å²) in [5, 5.41) is 2.40. The highest BCUT2D eigenvalue weighted by Crippen LogP contribution is 2.36. The molecule has 17 heavy (non-hydrogen) atoms. The number of alkyl halides is 3. The number of guanidine groups is 1. The van der Waals surface area contributed by atoms with Gasteiger partial charge in [0.25, 0.3) is 0 Å². The molecule has 7 heteroatoms. The minimum absolute atomic E-state index is 0.00822. The minimum Gasteiger partial charge on any atom is -0.370 e. The molecule has 0 saturated heterocycles. The average molecular weight is 266 g/mol. The second kappa shape index (κ2) is 5.27. The standard InChI is InChI=1S/C10H11ClF3N3/c1-2-16-9(15)17-8-4-3-6(11)5-7(8)10(12,13)14/h3-5H,2H2,1H3,(H3,15,16,17). The summed E-state index contributed by atoms with van der Waals surface area (Å²) >= 11 is 5.53. The lowest BCUT2D eigenvalue weighted by Gasteiger charge is -2.14. The van der Waals surface area contributed by atoms with Crippen molar-refractivity contribution in [3.8, 4) is 0 Å². The maximum absolute atomic E-state index is 12.7. The normalized spacial score (nSPS) is 12.6. The van der Waals surface area contributed by atoms with E-state index in [0.29, 0.717) is 6.54 Å². The Morgan fingerprint density at radius 3 is 2.65 bits per heavy atom. The second-order valence-corrected chi connectivity index (χ2v) is 3.61. The molecule has 0 heterocycles. The van der Waals surface area contributed by atoms with Crippen LogP contribution in [0, 0.1) is 0 Å². The Balaban J connectivity index is 3.11. The summed E-state index contributed by atoms with van der Waals surface area (Å²) in [6.45, 7) is 2.11. The van der Waals surface area contributed by atoms with Gasteiger partial charge in [-0.05, 0) is 25.1 Å². The van der Waals surface area contributed by atoms with Crippen molar-refractivity contribution < 1.29 is 13.2 Å². The number of hydrogen-bond donors (Lipinski definition) is 2. The molecule has 0 aromatic heterocycles. The summed E-state index contributed by atoms with van der Waals surface area (Å²) in [7, 11) is 0. The van der Waals surface area contributed by atoms with Crippen molar-refractivity contribution in [2.24, 2.45) is 10.7 Å². The predicted octanol–water partition coefficient (Wildman–Crippen LogP) is 3.11. The van der Waals surface area contributed by atoms with Crippen LogP contribution in [0.15, 0.2) is 23.2 Å². The van der Waals surface area contributed by atoms with Crippen LogP contribution >= 0.6 is 11.6 Å². The molecule has 0 spiro atoms. The molecule has 1 rings (SSSR count). The SMILES string of the molecule is CCN=C(N)Nc1ccc(Cl)cc1C(F)(F)F. The summed E-state index contributed by atoms with van der Waals surface area (Å²) in [5.41, 5.74) is 4.36. The van der Waals surface area contributed by atoms with Gasteiger partial charge in [0.05, 0.1) is 11.3 Å². The van der Waals surface area contributed by atoms with Gasteiger partial charge in [-0.2, -0.15) is 13.2 Å². The van der Waals surface area contributed by atoms with Gasteiger partial charge in [-0.1, -0.05) is 11.6 Å². The Hall–Kier alpha value is -1.43. The van der Waals surface area contributed by atoms with E-state index in [9.17, 15) is 13.2 Å². The van der Waals surface area contributed by atoms with Gasteiger partial charge in [0.1, 0.15) is 0 Å². The zero-order valence-electron chi connectivity index (χ0n) is 8.98. The number of nitrogens with two attached hydrogens (primary N) is 1. The summed E-state index contributed by atoms with van der Waals surface area (Å²) < 4.78 is 38.1. The maximum atomic E-state index is 12.7. The second-order valence-electron chi connectivity index (χ2n) is 3.17. The van der Waals surface area contributed by atoms with Crippen LogP contribution in [0.3, 0.4) is 0 Å². The Morgan fingerprint density at radius 1 is 1.47 bits per heavy atom. The van der Waals surface area contributed by atoms with Crippen molar-refractivity contribution in [2.75, 3.05) is 11.9 Å². The van der Waals surface area contributed by atoms with Gasteiger partial charge in [0.15, 0.2) is 5.96 Å². The highest BCUT2D eigenvalue weighted by Gasteiger charge is 2.33. The maximum Gasteiger partial charge on any atom is 0.418 e. The zero-order valence-corrected chi connectivity index (χ0v) is 9.73. The largest absolute Gasteiger partial charge is 0.418 e. The van der Waals surface area contributed by atoms with Gasteiger partial charge in [-0.25, -0.2) is 0 Å². The Kier molecular flexibility index (Phi) is 4.22. The van der Waals surface area contributed by atoms with E-state index in [1.54, 1.807) is 6.92 Å². The van der Waals surface area contributed by atoms with E-state index in [4.69, 9.17) is 17.3 Å². The molecule has 0 unspecified atom stereocenters. The molecule has 0 aliphatic carbocycles. The molecule has 1 aromatic rings. The van der Waals surface area contributed by atoms with Gasteiger partial charge >= 0.3 is 6.18 Å². The first-order valence-electron chi connectivity index (χ1n) is 4.78. The molecule has 0 radical (unpaired) electrons. The molecule has 0 saturated carbocycles. The van der Waals surface area contributed by atoms with E-state index in [2.05, 4.69) is 10.3 Å². The molecule has 0 amide bonds. The van der Waals surface area contributed by atoms with Crippen LogP contribution < -0.4 is 11.1 Å². The predicted molar refractivity (Wildman–Crippen MR) is 62.2 cm³/mol. The zero-order chi connectivity index (χ0) is 13.1. The van der Waals surface area contributed by atoms with Crippen LogP contribution in [0.4, 0.5) is 18.9 Å². The van der Waals surface area contributed by atoms with Crippen LogP contribution in [0.25, 0.3) is 0 Å². The lowest BCUT2D eigenvalue weighted by atomic mass is 10.1. The van der Waals surface area contributed by atoms with E-state index in [-0.39, 0.29) is 16.7 Å². The molecule has 0 aliphatic rings. The minimum atomic E-state index is -4.50. The number of rotatable bonds is 2. The lowest BCUT2D eigenvalue weighted by molar-refractivity contribution is -0.136. The van der Waals surface area contributed by atoms with Crippen molar-refractivity contribution in [1.82, 2.24) is 0 Å². The van der Waals surface area contributed by atoms with Gasteiger partial charge in [-0.3, -0.25) is 4.99 Å². The van der Waals surface area contributed by atoms with Gasteiger partial charge in [0, 0.05) is 11.6 Å². The monoisotopic (exact) mass is 265 g/mol. The number of anilines is 1. The molecule has 0 aliphatic heterocycles. The fraction of sp³-hybridized carbons (Fsp3) is 0.300. The van der Waals surface area contributed by atoms with E-state index in [1.165, 1.54) is 12.1 Å². The number of nitrogens with one attached hydrogen (secondary N) is 1. The Labute approximate surface area is 101 Å². The Bertz CT molecular complexity index is 429. The molecule has 0 fully saturated rings. The Morgan fingerprint density at radius 2 is 2.12 bits per heavy atom. The van der Waals surface area contributed by atoms with Crippen LogP contribution in [-0.2, 0) is 6.18 Å². The molecule has 3 nitrogen and oxygen atoms in total. The third-order valence-electron chi connectivity index (χ3n) is 1.88. The topological polar surface area (TPSA) is 50.4 Å². The first-order valence-corrected chi connectivity index (χ1v) is 5.16. The van der Waals surface area contributed by atoms with Crippen molar-refractivity contribution in [2.45, 2.75) is 13.1 Å². The van der Waals surface area contributed by atoms with Crippen molar-refractivity contribution >= 4 is 23.2 Å². The highest BCUT2D eigenvalue weighted by atomic mass is 35.5. The fourth-order valence-corrected chi connectivity index (χ4v) is 1.38. The van der Waals surface area contributed by atoms with E-state index < -0.39 is 11.7 Å².